The lowest BCUT2D eigenvalue weighted by atomic mass is 10.2. The summed E-state index contributed by atoms with van der Waals surface area (Å²) in [5.41, 5.74) is 0.665. The maximum absolute atomic E-state index is 12.1. The minimum absolute atomic E-state index is 0.138. The first-order chi connectivity index (χ1) is 7.17. The third-order valence-corrected chi connectivity index (χ3v) is 1.86. The normalized spacial score (nSPS) is 10.5. The fraction of sp³-hybridized carbons (Fsp3) is 0.400. The highest BCUT2D eigenvalue weighted by molar-refractivity contribution is 5.40. The highest BCUT2D eigenvalue weighted by atomic mass is 19.3. The molecule has 0 bridgehead atoms. The second-order valence-electron chi connectivity index (χ2n) is 2.88. The third kappa shape index (κ3) is 3.36. The maximum atomic E-state index is 12.1. The Morgan fingerprint density at radius 3 is 2.67 bits per heavy atom. The van der Waals surface area contributed by atoms with Crippen LogP contribution in [0.1, 0.15) is 5.56 Å². The van der Waals surface area contributed by atoms with Gasteiger partial charge in [0, 0.05) is 18.2 Å². The Labute approximate surface area is 87.0 Å². The minimum Gasteiger partial charge on any atom is -0.497 e. The van der Waals surface area contributed by atoms with E-state index in [1.165, 1.54) is 13.2 Å². The van der Waals surface area contributed by atoms with Crippen LogP contribution in [-0.2, 0) is 6.54 Å². The Hall–Kier alpha value is -1.36. The summed E-state index contributed by atoms with van der Waals surface area (Å²) in [6.07, 6.45) is 0. The molecule has 1 N–H and O–H groups in total. The number of hydrogen-bond acceptors (Lipinski definition) is 3. The topological polar surface area (TPSA) is 30.5 Å². The summed E-state index contributed by atoms with van der Waals surface area (Å²) in [6, 6.07) is 4.83. The molecule has 0 aliphatic heterocycles. The molecular weight excluding hydrogens is 204 g/mol. The third-order valence-electron chi connectivity index (χ3n) is 1.86. The van der Waals surface area contributed by atoms with Crippen LogP contribution in [0.15, 0.2) is 18.2 Å². The lowest BCUT2D eigenvalue weighted by molar-refractivity contribution is -0.0505. The predicted octanol–water partition coefficient (Wildman–Crippen LogP) is 2.02. The number of alkyl halides is 2. The summed E-state index contributed by atoms with van der Waals surface area (Å²) >= 11 is 0. The molecule has 0 spiro atoms. The van der Waals surface area contributed by atoms with E-state index < -0.39 is 6.61 Å². The Balaban J connectivity index is 2.93. The van der Waals surface area contributed by atoms with Gasteiger partial charge in [0.25, 0.3) is 0 Å². The van der Waals surface area contributed by atoms with E-state index in [1.807, 2.05) is 0 Å². The zero-order chi connectivity index (χ0) is 11.3. The first-order valence-corrected chi connectivity index (χ1v) is 4.43. The molecule has 1 aromatic carbocycles. The number of rotatable bonds is 5. The van der Waals surface area contributed by atoms with Crippen molar-refractivity contribution in [1.82, 2.24) is 5.32 Å². The van der Waals surface area contributed by atoms with Crippen molar-refractivity contribution in [3.8, 4) is 11.5 Å². The smallest absolute Gasteiger partial charge is 0.387 e. The number of ether oxygens (including phenoxy) is 2. The van der Waals surface area contributed by atoms with Gasteiger partial charge in [-0.15, -0.1) is 0 Å². The standard InChI is InChI=1S/C10H13F2NO2/c1-13-6-7-3-4-8(14-2)5-9(7)15-10(11)12/h3-5,10,13H,6H2,1-2H3. The van der Waals surface area contributed by atoms with Gasteiger partial charge < -0.3 is 14.8 Å². The average Bonchev–Trinajstić information content (AvgIpc) is 2.20. The molecular formula is C10H13F2NO2. The Kier molecular flexibility index (Phi) is 4.30. The minimum atomic E-state index is -2.83. The SMILES string of the molecule is CNCc1ccc(OC)cc1OC(F)F. The largest absolute Gasteiger partial charge is 0.497 e. The van der Waals surface area contributed by atoms with E-state index in [0.29, 0.717) is 17.9 Å². The Bertz CT molecular complexity index is 318. The van der Waals surface area contributed by atoms with Gasteiger partial charge in [-0.1, -0.05) is 6.07 Å². The van der Waals surface area contributed by atoms with E-state index in [9.17, 15) is 8.78 Å². The molecule has 0 fully saturated rings. The Morgan fingerprint density at radius 2 is 2.13 bits per heavy atom. The molecule has 0 aliphatic carbocycles. The molecule has 5 heteroatoms. The van der Waals surface area contributed by atoms with Crippen LogP contribution in [0.4, 0.5) is 8.78 Å². The number of nitrogens with one attached hydrogen (secondary N) is 1. The van der Waals surface area contributed by atoms with Gasteiger partial charge in [-0.2, -0.15) is 8.78 Å². The van der Waals surface area contributed by atoms with Gasteiger partial charge in [0.2, 0.25) is 0 Å². The first kappa shape index (κ1) is 11.7. The monoisotopic (exact) mass is 217 g/mol. The number of methoxy groups -OCH3 is 1. The van der Waals surface area contributed by atoms with Gasteiger partial charge >= 0.3 is 6.61 Å². The summed E-state index contributed by atoms with van der Waals surface area (Å²) in [5, 5.41) is 2.87. The van der Waals surface area contributed by atoms with E-state index in [1.54, 1.807) is 19.2 Å². The van der Waals surface area contributed by atoms with Gasteiger partial charge in [0.1, 0.15) is 11.5 Å². The second-order valence-corrected chi connectivity index (χ2v) is 2.88. The van der Waals surface area contributed by atoms with E-state index in [2.05, 4.69) is 10.1 Å². The first-order valence-electron chi connectivity index (χ1n) is 4.43. The summed E-state index contributed by atoms with van der Waals surface area (Å²) < 4.78 is 33.5. The van der Waals surface area contributed by atoms with E-state index in [0.717, 1.165) is 0 Å². The van der Waals surface area contributed by atoms with Crippen molar-refractivity contribution in [2.45, 2.75) is 13.2 Å². The molecule has 84 valence electrons. The molecule has 0 amide bonds. The fourth-order valence-corrected chi connectivity index (χ4v) is 1.20. The maximum Gasteiger partial charge on any atom is 0.387 e. The van der Waals surface area contributed by atoms with Crippen LogP contribution in [0, 0.1) is 0 Å². The Morgan fingerprint density at radius 1 is 1.40 bits per heavy atom. The summed E-state index contributed by atoms with van der Waals surface area (Å²) in [6.45, 7) is -2.36. The molecule has 0 heterocycles. The molecule has 0 atom stereocenters. The second kappa shape index (κ2) is 5.50. The van der Waals surface area contributed by atoms with Crippen LogP contribution in [0.3, 0.4) is 0 Å². The van der Waals surface area contributed by atoms with Crippen molar-refractivity contribution in [2.75, 3.05) is 14.2 Å². The van der Waals surface area contributed by atoms with Crippen molar-refractivity contribution in [1.29, 1.82) is 0 Å². The molecule has 1 aromatic rings. The van der Waals surface area contributed by atoms with Crippen LogP contribution in [-0.4, -0.2) is 20.8 Å². The van der Waals surface area contributed by atoms with Gasteiger partial charge in [0.15, 0.2) is 0 Å². The van der Waals surface area contributed by atoms with E-state index in [-0.39, 0.29) is 5.75 Å². The number of hydrogen-bond donors (Lipinski definition) is 1. The molecule has 0 saturated carbocycles. The highest BCUT2D eigenvalue weighted by Crippen LogP contribution is 2.26. The van der Waals surface area contributed by atoms with Gasteiger partial charge in [-0.3, -0.25) is 0 Å². The molecule has 0 aliphatic rings. The van der Waals surface area contributed by atoms with Crippen molar-refractivity contribution in [3.63, 3.8) is 0 Å². The van der Waals surface area contributed by atoms with Crippen molar-refractivity contribution in [2.24, 2.45) is 0 Å². The summed E-state index contributed by atoms with van der Waals surface area (Å²) in [5.74, 6) is 0.629. The quantitative estimate of drug-likeness (QED) is 0.818. The van der Waals surface area contributed by atoms with Crippen molar-refractivity contribution >= 4 is 0 Å². The average molecular weight is 217 g/mol. The lowest BCUT2D eigenvalue weighted by Crippen LogP contribution is -2.10. The summed E-state index contributed by atoms with van der Waals surface area (Å²) in [7, 11) is 3.20. The van der Waals surface area contributed by atoms with Gasteiger partial charge in [-0.25, -0.2) is 0 Å². The van der Waals surface area contributed by atoms with Crippen molar-refractivity contribution < 1.29 is 18.3 Å². The molecule has 0 radical (unpaired) electrons. The van der Waals surface area contributed by atoms with Gasteiger partial charge in [0.05, 0.1) is 7.11 Å². The summed E-state index contributed by atoms with van der Waals surface area (Å²) in [4.78, 5) is 0. The highest BCUT2D eigenvalue weighted by Gasteiger charge is 2.10. The zero-order valence-corrected chi connectivity index (χ0v) is 8.59. The molecule has 1 rings (SSSR count). The molecule has 15 heavy (non-hydrogen) atoms. The molecule has 0 unspecified atom stereocenters. The van der Waals surface area contributed by atoms with E-state index >= 15 is 0 Å². The lowest BCUT2D eigenvalue weighted by Gasteiger charge is -2.11. The van der Waals surface area contributed by atoms with Crippen LogP contribution < -0.4 is 14.8 Å². The van der Waals surface area contributed by atoms with E-state index in [4.69, 9.17) is 4.74 Å². The van der Waals surface area contributed by atoms with Crippen LogP contribution >= 0.6 is 0 Å². The van der Waals surface area contributed by atoms with Crippen LogP contribution in [0.5, 0.6) is 11.5 Å². The molecule has 0 saturated heterocycles. The number of halogens is 2. The molecule has 0 aromatic heterocycles. The zero-order valence-electron chi connectivity index (χ0n) is 8.59. The van der Waals surface area contributed by atoms with Crippen LogP contribution in [0.2, 0.25) is 0 Å². The predicted molar refractivity (Wildman–Crippen MR) is 52.4 cm³/mol. The fourth-order valence-electron chi connectivity index (χ4n) is 1.20. The van der Waals surface area contributed by atoms with Crippen molar-refractivity contribution in [3.05, 3.63) is 23.8 Å². The number of benzene rings is 1. The molecule has 3 nitrogen and oxygen atoms in total. The van der Waals surface area contributed by atoms with Crippen LogP contribution in [0.25, 0.3) is 0 Å². The van der Waals surface area contributed by atoms with Gasteiger partial charge in [-0.05, 0) is 13.1 Å².